The fourth-order valence-corrected chi connectivity index (χ4v) is 2.20. The summed E-state index contributed by atoms with van der Waals surface area (Å²) in [4.78, 5) is 11.0. The van der Waals surface area contributed by atoms with E-state index in [4.69, 9.17) is 0 Å². The minimum Gasteiger partial charge on any atom is -0.293 e. The Bertz CT molecular complexity index is 415. The maximum Gasteiger partial charge on any atom is 0.417 e. The largest absolute Gasteiger partial charge is 0.417 e. The molecule has 0 amide bonds. The Morgan fingerprint density at radius 3 is 2.44 bits per heavy atom. The van der Waals surface area contributed by atoms with Gasteiger partial charge in [-0.2, -0.15) is 13.2 Å². The smallest absolute Gasteiger partial charge is 0.293 e. The number of ketones is 1. The summed E-state index contributed by atoms with van der Waals surface area (Å²) in [7, 11) is 0. The molecule has 1 atom stereocenters. The summed E-state index contributed by atoms with van der Waals surface area (Å²) >= 11 is 4.72. The predicted octanol–water partition coefficient (Wildman–Crippen LogP) is 4.28. The Morgan fingerprint density at radius 1 is 1.44 bits per heavy atom. The second kappa shape index (κ2) is 5.03. The normalized spacial score (nSPS) is 13.6. The summed E-state index contributed by atoms with van der Waals surface area (Å²) in [5.41, 5.74) is -1.14. The highest BCUT2D eigenvalue weighted by molar-refractivity contribution is 14.1. The van der Waals surface area contributed by atoms with Crippen LogP contribution in [0.5, 0.6) is 0 Å². The molecule has 1 unspecified atom stereocenters. The number of hydrogen-bond donors (Lipinski definition) is 0. The third-order valence-electron chi connectivity index (χ3n) is 1.93. The van der Waals surface area contributed by atoms with E-state index in [9.17, 15) is 18.0 Å². The SMILES string of the molecule is CC(Br)C(=O)c1c(I)cccc1C(F)(F)F. The minimum atomic E-state index is -4.51. The van der Waals surface area contributed by atoms with Crippen molar-refractivity contribution in [1.82, 2.24) is 0 Å². The second-order valence-corrected chi connectivity index (χ2v) is 5.68. The van der Waals surface area contributed by atoms with E-state index in [0.717, 1.165) is 6.07 Å². The number of rotatable bonds is 2. The van der Waals surface area contributed by atoms with Gasteiger partial charge in [0.2, 0.25) is 0 Å². The molecular formula is C10H7BrF3IO. The lowest BCUT2D eigenvalue weighted by Crippen LogP contribution is -2.19. The molecular weight excluding hydrogens is 400 g/mol. The first-order chi connectivity index (χ1) is 7.25. The molecule has 16 heavy (non-hydrogen) atoms. The summed E-state index contributed by atoms with van der Waals surface area (Å²) < 4.78 is 38.4. The zero-order chi connectivity index (χ0) is 12.5. The minimum absolute atomic E-state index is 0.264. The molecule has 0 aliphatic carbocycles. The van der Waals surface area contributed by atoms with E-state index in [1.54, 1.807) is 22.6 Å². The molecule has 0 radical (unpaired) electrons. The van der Waals surface area contributed by atoms with Crippen molar-refractivity contribution in [2.24, 2.45) is 0 Å². The summed E-state index contributed by atoms with van der Waals surface area (Å²) in [6.07, 6.45) is -4.51. The van der Waals surface area contributed by atoms with Crippen molar-refractivity contribution in [2.75, 3.05) is 0 Å². The summed E-state index contributed by atoms with van der Waals surface area (Å²) in [6, 6.07) is 3.70. The summed E-state index contributed by atoms with van der Waals surface area (Å²) in [5, 5.41) is 0. The van der Waals surface area contributed by atoms with Gasteiger partial charge in [-0.1, -0.05) is 22.0 Å². The zero-order valence-corrected chi connectivity index (χ0v) is 11.9. The van der Waals surface area contributed by atoms with Gasteiger partial charge in [0.15, 0.2) is 5.78 Å². The molecule has 0 bridgehead atoms. The Labute approximate surface area is 113 Å². The first-order valence-electron chi connectivity index (χ1n) is 4.29. The van der Waals surface area contributed by atoms with Gasteiger partial charge in [0.25, 0.3) is 0 Å². The van der Waals surface area contributed by atoms with Gasteiger partial charge in [-0.05, 0) is 41.6 Å². The van der Waals surface area contributed by atoms with Crippen molar-refractivity contribution in [3.8, 4) is 0 Å². The molecule has 1 aromatic carbocycles. The Balaban J connectivity index is 3.41. The molecule has 0 N–H and O–H groups in total. The summed E-state index contributed by atoms with van der Waals surface area (Å²) in [5.74, 6) is -0.558. The second-order valence-electron chi connectivity index (χ2n) is 3.14. The number of carbonyl (C=O) groups excluding carboxylic acids is 1. The van der Waals surface area contributed by atoms with Crippen LogP contribution in [0.3, 0.4) is 0 Å². The van der Waals surface area contributed by atoms with Crippen LogP contribution in [0, 0.1) is 3.57 Å². The Morgan fingerprint density at radius 2 is 2.00 bits per heavy atom. The van der Waals surface area contributed by atoms with Gasteiger partial charge in [-0.25, -0.2) is 0 Å². The molecule has 1 aromatic rings. The van der Waals surface area contributed by atoms with Crippen molar-refractivity contribution in [2.45, 2.75) is 17.9 Å². The van der Waals surface area contributed by atoms with E-state index in [-0.39, 0.29) is 5.56 Å². The zero-order valence-electron chi connectivity index (χ0n) is 8.11. The van der Waals surface area contributed by atoms with Gasteiger partial charge in [-0.3, -0.25) is 4.79 Å². The highest BCUT2D eigenvalue weighted by Gasteiger charge is 2.36. The molecule has 88 valence electrons. The Hall–Kier alpha value is -0.110. The van der Waals surface area contributed by atoms with Crippen LogP contribution in [0.1, 0.15) is 22.8 Å². The van der Waals surface area contributed by atoms with E-state index >= 15 is 0 Å². The molecule has 0 saturated heterocycles. The highest BCUT2D eigenvalue weighted by atomic mass is 127. The molecule has 1 rings (SSSR count). The fourth-order valence-electron chi connectivity index (χ4n) is 1.21. The van der Waals surface area contributed by atoms with Crippen LogP contribution in [0.25, 0.3) is 0 Å². The predicted molar refractivity (Wildman–Crippen MR) is 66.9 cm³/mol. The van der Waals surface area contributed by atoms with E-state index in [0.29, 0.717) is 3.57 Å². The maximum atomic E-state index is 12.7. The van der Waals surface area contributed by atoms with E-state index in [2.05, 4.69) is 15.9 Å². The maximum absolute atomic E-state index is 12.7. The molecule has 0 aliphatic rings. The molecule has 0 heterocycles. The number of hydrogen-bond acceptors (Lipinski definition) is 1. The first-order valence-corrected chi connectivity index (χ1v) is 6.28. The lowest BCUT2D eigenvalue weighted by Gasteiger charge is -2.14. The quantitative estimate of drug-likeness (QED) is 0.407. The molecule has 0 aromatic heterocycles. The topological polar surface area (TPSA) is 17.1 Å². The van der Waals surface area contributed by atoms with Gasteiger partial charge in [0, 0.05) is 9.13 Å². The van der Waals surface area contributed by atoms with Crippen LogP contribution < -0.4 is 0 Å². The lowest BCUT2D eigenvalue weighted by molar-refractivity contribution is -0.138. The van der Waals surface area contributed by atoms with E-state index in [1.807, 2.05) is 0 Å². The van der Waals surface area contributed by atoms with Crippen molar-refractivity contribution < 1.29 is 18.0 Å². The molecule has 0 fully saturated rings. The third kappa shape index (κ3) is 2.97. The summed E-state index contributed by atoms with van der Waals surface area (Å²) in [6.45, 7) is 1.51. The van der Waals surface area contributed by atoms with Crippen LogP contribution in [0.15, 0.2) is 18.2 Å². The van der Waals surface area contributed by atoms with Crippen LogP contribution in [0.4, 0.5) is 13.2 Å². The monoisotopic (exact) mass is 406 g/mol. The van der Waals surface area contributed by atoms with Crippen LogP contribution >= 0.6 is 38.5 Å². The average Bonchev–Trinajstić information content (AvgIpc) is 2.14. The van der Waals surface area contributed by atoms with Crippen molar-refractivity contribution in [1.29, 1.82) is 0 Å². The third-order valence-corrected chi connectivity index (χ3v) is 3.24. The molecule has 0 aliphatic heterocycles. The fraction of sp³-hybridized carbons (Fsp3) is 0.300. The first kappa shape index (κ1) is 14.0. The molecule has 1 nitrogen and oxygen atoms in total. The number of benzene rings is 1. The van der Waals surface area contributed by atoms with Gasteiger partial charge in [-0.15, -0.1) is 0 Å². The van der Waals surface area contributed by atoms with E-state index < -0.39 is 22.4 Å². The van der Waals surface area contributed by atoms with E-state index in [1.165, 1.54) is 19.1 Å². The molecule has 6 heteroatoms. The number of Topliss-reactive ketones (excluding diaryl/α,β-unsaturated/α-hetero) is 1. The molecule has 0 saturated carbocycles. The van der Waals surface area contributed by atoms with Crippen LogP contribution in [-0.4, -0.2) is 10.6 Å². The van der Waals surface area contributed by atoms with Crippen LogP contribution in [-0.2, 0) is 6.18 Å². The van der Waals surface area contributed by atoms with Gasteiger partial charge < -0.3 is 0 Å². The van der Waals surface area contributed by atoms with Crippen LogP contribution in [0.2, 0.25) is 0 Å². The van der Waals surface area contributed by atoms with Gasteiger partial charge in [0.05, 0.1) is 10.4 Å². The van der Waals surface area contributed by atoms with Crippen molar-refractivity contribution in [3.63, 3.8) is 0 Å². The van der Waals surface area contributed by atoms with Gasteiger partial charge >= 0.3 is 6.18 Å². The molecule has 0 spiro atoms. The number of alkyl halides is 4. The standard InChI is InChI=1S/C10H7BrF3IO/c1-5(11)9(16)8-6(10(12,13)14)3-2-4-7(8)15/h2-5H,1H3. The van der Waals surface area contributed by atoms with Crippen molar-refractivity contribution >= 4 is 44.3 Å². The lowest BCUT2D eigenvalue weighted by atomic mass is 10.0. The highest BCUT2D eigenvalue weighted by Crippen LogP contribution is 2.34. The number of carbonyl (C=O) groups is 1. The van der Waals surface area contributed by atoms with Crippen molar-refractivity contribution in [3.05, 3.63) is 32.9 Å². The van der Waals surface area contributed by atoms with Gasteiger partial charge in [0.1, 0.15) is 0 Å². The Kier molecular flexibility index (Phi) is 4.39. The number of halogens is 5. The average molecular weight is 407 g/mol.